The van der Waals surface area contributed by atoms with Gasteiger partial charge in [-0.3, -0.25) is 9.69 Å². The van der Waals surface area contributed by atoms with Crippen molar-refractivity contribution in [1.82, 2.24) is 15.1 Å². The normalized spacial score (nSPS) is 26.3. The van der Waals surface area contributed by atoms with Crippen LogP contribution in [-0.2, 0) is 9.53 Å². The summed E-state index contributed by atoms with van der Waals surface area (Å²) in [5.74, 6) is 0.0883. The van der Waals surface area contributed by atoms with Crippen molar-refractivity contribution in [2.45, 2.75) is 25.0 Å². The van der Waals surface area contributed by atoms with Crippen molar-refractivity contribution >= 4 is 11.9 Å². The Morgan fingerprint density at radius 2 is 2.04 bits per heavy atom. The summed E-state index contributed by atoms with van der Waals surface area (Å²) in [6, 6.07) is 5.84. The van der Waals surface area contributed by atoms with Crippen LogP contribution in [0.1, 0.15) is 24.4 Å². The van der Waals surface area contributed by atoms with E-state index in [4.69, 9.17) is 4.74 Å². The Morgan fingerprint density at radius 3 is 2.72 bits per heavy atom. The molecule has 7 heteroatoms. The van der Waals surface area contributed by atoms with Gasteiger partial charge in [0.2, 0.25) is 0 Å². The zero-order valence-corrected chi connectivity index (χ0v) is 14.1. The first-order valence-corrected chi connectivity index (χ1v) is 8.51. The van der Waals surface area contributed by atoms with E-state index in [1.807, 2.05) is 0 Å². The average molecular weight is 343 g/mol. The third-order valence-corrected chi connectivity index (χ3v) is 5.11. The molecule has 2 atom stereocenters. The number of hydrogen-bond donors (Lipinski definition) is 2. The monoisotopic (exact) mass is 343 g/mol. The Labute approximate surface area is 145 Å². The van der Waals surface area contributed by atoms with Crippen LogP contribution in [-0.4, -0.2) is 59.7 Å². The first-order chi connectivity index (χ1) is 12.0. The summed E-state index contributed by atoms with van der Waals surface area (Å²) in [7, 11) is 1.68. The lowest BCUT2D eigenvalue weighted by Gasteiger charge is -2.31. The largest absolute Gasteiger partial charge is 0.508 e. The predicted molar refractivity (Wildman–Crippen MR) is 89.7 cm³/mol. The van der Waals surface area contributed by atoms with E-state index in [9.17, 15) is 14.7 Å². The third kappa shape index (κ3) is 2.74. The summed E-state index contributed by atoms with van der Waals surface area (Å²) in [6.45, 7) is 1.72. The van der Waals surface area contributed by atoms with Crippen molar-refractivity contribution < 1.29 is 19.4 Å². The molecule has 3 aliphatic heterocycles. The van der Waals surface area contributed by atoms with Crippen LogP contribution < -0.4 is 5.32 Å². The van der Waals surface area contributed by atoms with Crippen LogP contribution in [0.4, 0.5) is 4.79 Å². The molecule has 3 amide bonds. The van der Waals surface area contributed by atoms with Crippen molar-refractivity contribution in [3.63, 3.8) is 0 Å². The molecule has 1 aromatic carbocycles. The maximum atomic E-state index is 13.0. The molecule has 1 aromatic rings. The Morgan fingerprint density at radius 1 is 1.28 bits per heavy atom. The predicted octanol–water partition coefficient (Wildman–Crippen LogP) is 1.36. The SMILES string of the molecule is CN1C(=O)N[C@@H](c2ccc(O)cc2)C2=C1CN(C[C@H]1CCCO1)C2=O. The Kier molecular flexibility index (Phi) is 3.88. The summed E-state index contributed by atoms with van der Waals surface area (Å²) in [5, 5.41) is 12.4. The number of amides is 3. The number of phenols is 1. The maximum absolute atomic E-state index is 13.0. The van der Waals surface area contributed by atoms with Crippen molar-refractivity contribution in [2.75, 3.05) is 26.7 Å². The molecule has 2 N–H and O–H groups in total. The summed E-state index contributed by atoms with van der Waals surface area (Å²) in [5.41, 5.74) is 2.12. The van der Waals surface area contributed by atoms with E-state index in [1.165, 1.54) is 4.90 Å². The molecule has 0 unspecified atom stereocenters. The zero-order chi connectivity index (χ0) is 17.6. The van der Waals surface area contributed by atoms with Gasteiger partial charge in [-0.1, -0.05) is 12.1 Å². The first-order valence-electron chi connectivity index (χ1n) is 8.51. The van der Waals surface area contributed by atoms with Gasteiger partial charge in [0, 0.05) is 20.2 Å². The fraction of sp³-hybridized carbons (Fsp3) is 0.444. The van der Waals surface area contributed by atoms with E-state index in [1.54, 1.807) is 36.2 Å². The van der Waals surface area contributed by atoms with Gasteiger partial charge >= 0.3 is 6.03 Å². The lowest BCUT2D eigenvalue weighted by Crippen LogP contribution is -2.45. The summed E-state index contributed by atoms with van der Waals surface area (Å²) < 4.78 is 5.65. The van der Waals surface area contributed by atoms with Crippen molar-refractivity contribution in [3.05, 3.63) is 41.1 Å². The standard InChI is InChI=1S/C18H21N3O4/c1-20-14-10-21(9-13-3-2-8-25-13)17(23)15(14)16(19-18(20)24)11-4-6-12(22)7-5-11/h4-7,13,16,22H,2-3,8-10H2,1H3,(H,19,24)/t13-,16+/m1/s1. The molecular formula is C18H21N3O4. The highest BCUT2D eigenvalue weighted by Crippen LogP contribution is 2.36. The van der Waals surface area contributed by atoms with Gasteiger partial charge in [-0.05, 0) is 30.5 Å². The van der Waals surface area contributed by atoms with E-state index < -0.39 is 6.04 Å². The summed E-state index contributed by atoms with van der Waals surface area (Å²) >= 11 is 0. The van der Waals surface area contributed by atoms with Gasteiger partial charge in [-0.2, -0.15) is 0 Å². The number of nitrogens with zero attached hydrogens (tertiary/aromatic N) is 2. The highest BCUT2D eigenvalue weighted by molar-refractivity contribution is 6.01. The number of rotatable bonds is 3. The molecule has 1 fully saturated rings. The molecule has 0 aromatic heterocycles. The number of benzene rings is 1. The second-order valence-corrected chi connectivity index (χ2v) is 6.71. The van der Waals surface area contributed by atoms with Crippen LogP contribution in [0.15, 0.2) is 35.5 Å². The number of urea groups is 1. The highest BCUT2D eigenvalue weighted by Gasteiger charge is 2.43. The molecule has 3 aliphatic rings. The van der Waals surface area contributed by atoms with Crippen molar-refractivity contribution in [2.24, 2.45) is 0 Å². The zero-order valence-electron chi connectivity index (χ0n) is 14.1. The minimum atomic E-state index is -0.499. The minimum absolute atomic E-state index is 0.0598. The number of hydrogen-bond acceptors (Lipinski definition) is 4. The van der Waals surface area contributed by atoms with Crippen molar-refractivity contribution in [3.8, 4) is 5.75 Å². The molecule has 0 bridgehead atoms. The Balaban J connectivity index is 1.64. The number of ether oxygens (including phenoxy) is 1. The van der Waals surface area contributed by atoms with Gasteiger partial charge < -0.3 is 20.1 Å². The van der Waals surface area contributed by atoms with Gasteiger partial charge in [0.15, 0.2) is 0 Å². The van der Waals surface area contributed by atoms with Gasteiger partial charge in [0.25, 0.3) is 5.91 Å². The second-order valence-electron chi connectivity index (χ2n) is 6.71. The quantitative estimate of drug-likeness (QED) is 0.868. The van der Waals surface area contributed by atoms with Crippen LogP contribution in [0.2, 0.25) is 0 Å². The van der Waals surface area contributed by atoms with E-state index in [-0.39, 0.29) is 23.8 Å². The van der Waals surface area contributed by atoms with Crippen LogP contribution in [0.5, 0.6) is 5.75 Å². The summed E-state index contributed by atoms with van der Waals surface area (Å²) in [6.07, 6.45) is 2.06. The molecule has 7 nitrogen and oxygen atoms in total. The Bertz CT molecular complexity index is 737. The third-order valence-electron chi connectivity index (χ3n) is 5.11. The molecule has 25 heavy (non-hydrogen) atoms. The smallest absolute Gasteiger partial charge is 0.322 e. The molecule has 0 saturated carbocycles. The molecule has 4 rings (SSSR count). The lowest BCUT2D eigenvalue weighted by molar-refractivity contribution is -0.127. The molecule has 0 spiro atoms. The number of carbonyl (C=O) groups excluding carboxylic acids is 2. The number of likely N-dealkylation sites (N-methyl/N-ethyl adjacent to an activating group) is 1. The molecule has 1 saturated heterocycles. The van der Waals surface area contributed by atoms with Gasteiger partial charge in [0.05, 0.1) is 30.0 Å². The van der Waals surface area contributed by atoms with E-state index in [2.05, 4.69) is 5.32 Å². The molecule has 0 aliphatic carbocycles. The van der Waals surface area contributed by atoms with E-state index >= 15 is 0 Å². The van der Waals surface area contributed by atoms with Gasteiger partial charge in [-0.25, -0.2) is 4.79 Å². The lowest BCUT2D eigenvalue weighted by atomic mass is 9.95. The fourth-order valence-corrected chi connectivity index (χ4v) is 3.72. The van der Waals surface area contributed by atoms with Crippen LogP contribution in [0, 0.1) is 0 Å². The van der Waals surface area contributed by atoms with Crippen LogP contribution in [0.25, 0.3) is 0 Å². The fourth-order valence-electron chi connectivity index (χ4n) is 3.72. The average Bonchev–Trinajstić information content (AvgIpc) is 3.22. The van der Waals surface area contributed by atoms with Gasteiger partial charge in [0.1, 0.15) is 5.75 Å². The topological polar surface area (TPSA) is 82.1 Å². The van der Waals surface area contributed by atoms with E-state index in [0.29, 0.717) is 18.7 Å². The highest BCUT2D eigenvalue weighted by atomic mass is 16.5. The molecule has 132 valence electrons. The van der Waals surface area contributed by atoms with E-state index in [0.717, 1.165) is 30.7 Å². The van der Waals surface area contributed by atoms with Crippen LogP contribution >= 0.6 is 0 Å². The first kappa shape index (κ1) is 16.0. The number of phenolic OH excluding ortho intramolecular Hbond substituents is 1. The van der Waals surface area contributed by atoms with Crippen LogP contribution in [0.3, 0.4) is 0 Å². The molecular weight excluding hydrogens is 322 g/mol. The number of carbonyl (C=O) groups is 2. The summed E-state index contributed by atoms with van der Waals surface area (Å²) in [4.78, 5) is 28.6. The minimum Gasteiger partial charge on any atom is -0.508 e. The molecule has 0 radical (unpaired) electrons. The second kappa shape index (κ2) is 6.07. The Hall–Kier alpha value is -2.54. The number of nitrogens with one attached hydrogen (secondary N) is 1. The van der Waals surface area contributed by atoms with Crippen molar-refractivity contribution in [1.29, 1.82) is 0 Å². The molecule has 3 heterocycles. The van der Waals surface area contributed by atoms with Gasteiger partial charge in [-0.15, -0.1) is 0 Å². The number of aromatic hydroxyl groups is 1. The maximum Gasteiger partial charge on any atom is 0.322 e.